The van der Waals surface area contributed by atoms with Crippen LogP contribution in [0.2, 0.25) is 0 Å². The molecule has 0 bridgehead atoms. The highest BCUT2D eigenvalue weighted by Gasteiger charge is 2.33. The van der Waals surface area contributed by atoms with Crippen molar-refractivity contribution in [3.63, 3.8) is 0 Å². The molecule has 0 fully saturated rings. The first-order valence-electron chi connectivity index (χ1n) is 5.90. The Hall–Kier alpha value is -1.83. The summed E-state index contributed by atoms with van der Waals surface area (Å²) in [5.74, 6) is -0.400. The van der Waals surface area contributed by atoms with E-state index in [9.17, 15) is 18.0 Å². The summed E-state index contributed by atoms with van der Waals surface area (Å²) in [6.07, 6.45) is -4.52. The van der Waals surface area contributed by atoms with Gasteiger partial charge >= 0.3 is 6.18 Å². The molecule has 0 aliphatic rings. The summed E-state index contributed by atoms with van der Waals surface area (Å²) in [5.41, 5.74) is 0.607. The third kappa shape index (κ3) is 4.69. The molecule has 2 N–H and O–H groups in total. The van der Waals surface area contributed by atoms with Crippen molar-refractivity contribution in [2.75, 3.05) is 32.1 Å². The first-order chi connectivity index (χ1) is 9.26. The molecule has 5 nitrogen and oxygen atoms in total. The maximum atomic E-state index is 12.4. The van der Waals surface area contributed by atoms with Gasteiger partial charge in [0, 0.05) is 24.8 Å². The summed E-state index contributed by atoms with van der Waals surface area (Å²) >= 11 is 0. The SMILES string of the molecule is CNc1cc(C(=O)N(CCO)CC(F)(F)F)cc(C)n1. The number of aryl methyl sites for hydroxylation is 1. The molecule has 1 amide bonds. The number of alkyl halides is 3. The number of aromatic nitrogens is 1. The Morgan fingerprint density at radius 3 is 2.60 bits per heavy atom. The molecule has 0 saturated carbocycles. The molecular weight excluding hydrogens is 275 g/mol. The average Bonchev–Trinajstić information content (AvgIpc) is 2.35. The Morgan fingerprint density at radius 1 is 1.45 bits per heavy atom. The van der Waals surface area contributed by atoms with E-state index in [1.165, 1.54) is 12.1 Å². The number of nitrogens with one attached hydrogen (secondary N) is 1. The van der Waals surface area contributed by atoms with Gasteiger partial charge < -0.3 is 15.3 Å². The summed E-state index contributed by atoms with van der Waals surface area (Å²) in [6, 6.07) is 2.78. The zero-order valence-electron chi connectivity index (χ0n) is 11.2. The van der Waals surface area contributed by atoms with Crippen LogP contribution >= 0.6 is 0 Å². The molecule has 0 unspecified atom stereocenters. The molecule has 0 aromatic carbocycles. The number of anilines is 1. The lowest BCUT2D eigenvalue weighted by atomic mass is 10.2. The molecular formula is C12H16F3N3O2. The fraction of sp³-hybridized carbons (Fsp3) is 0.500. The molecule has 1 rings (SSSR count). The Labute approximate surface area is 114 Å². The van der Waals surface area contributed by atoms with Gasteiger partial charge in [-0.3, -0.25) is 4.79 Å². The maximum absolute atomic E-state index is 12.4. The molecule has 1 aromatic heterocycles. The monoisotopic (exact) mass is 291 g/mol. The van der Waals surface area contributed by atoms with Gasteiger partial charge in [-0.05, 0) is 19.1 Å². The van der Waals surface area contributed by atoms with Crippen LogP contribution in [0.4, 0.5) is 19.0 Å². The molecule has 0 aliphatic heterocycles. The van der Waals surface area contributed by atoms with E-state index in [0.717, 1.165) is 0 Å². The quantitative estimate of drug-likeness (QED) is 0.861. The Morgan fingerprint density at radius 2 is 2.10 bits per heavy atom. The van der Waals surface area contributed by atoms with E-state index in [2.05, 4.69) is 10.3 Å². The van der Waals surface area contributed by atoms with Gasteiger partial charge in [0.25, 0.3) is 5.91 Å². The van der Waals surface area contributed by atoms with E-state index in [0.29, 0.717) is 16.4 Å². The van der Waals surface area contributed by atoms with Gasteiger partial charge in [-0.15, -0.1) is 0 Å². The topological polar surface area (TPSA) is 65.5 Å². The second kappa shape index (κ2) is 6.56. The van der Waals surface area contributed by atoms with Gasteiger partial charge in [0.1, 0.15) is 12.4 Å². The van der Waals surface area contributed by atoms with Crippen LogP contribution in [0.1, 0.15) is 16.1 Å². The van der Waals surface area contributed by atoms with E-state index in [1.54, 1.807) is 14.0 Å². The number of amides is 1. The minimum Gasteiger partial charge on any atom is -0.395 e. The average molecular weight is 291 g/mol. The fourth-order valence-electron chi connectivity index (χ4n) is 1.69. The number of pyridine rings is 1. The standard InChI is InChI=1S/C12H16F3N3O2/c1-8-5-9(6-10(16-2)17-8)11(20)18(3-4-19)7-12(13,14)15/h5-6,19H,3-4,7H2,1-2H3,(H,16,17). The van der Waals surface area contributed by atoms with E-state index in [1.807, 2.05) is 0 Å². The van der Waals surface area contributed by atoms with Crippen LogP contribution < -0.4 is 5.32 Å². The van der Waals surface area contributed by atoms with Crippen molar-refractivity contribution in [3.8, 4) is 0 Å². The number of rotatable bonds is 5. The lowest BCUT2D eigenvalue weighted by Gasteiger charge is -2.23. The molecule has 8 heteroatoms. The van der Waals surface area contributed by atoms with Crippen LogP contribution in [0.5, 0.6) is 0 Å². The molecule has 0 aliphatic carbocycles. The van der Waals surface area contributed by atoms with E-state index >= 15 is 0 Å². The number of carbonyl (C=O) groups is 1. The fourth-order valence-corrected chi connectivity index (χ4v) is 1.69. The molecule has 0 radical (unpaired) electrons. The van der Waals surface area contributed by atoms with Gasteiger partial charge in [-0.1, -0.05) is 0 Å². The van der Waals surface area contributed by atoms with Gasteiger partial charge in [-0.25, -0.2) is 4.98 Å². The van der Waals surface area contributed by atoms with Crippen LogP contribution in [-0.2, 0) is 0 Å². The summed E-state index contributed by atoms with van der Waals surface area (Å²) in [6.45, 7) is -0.681. The lowest BCUT2D eigenvalue weighted by molar-refractivity contribution is -0.141. The minimum atomic E-state index is -4.52. The van der Waals surface area contributed by atoms with Gasteiger partial charge in [0.2, 0.25) is 0 Å². The largest absolute Gasteiger partial charge is 0.406 e. The van der Waals surface area contributed by atoms with Crippen LogP contribution in [0, 0.1) is 6.92 Å². The highest BCUT2D eigenvalue weighted by atomic mass is 19.4. The molecule has 1 heterocycles. The molecule has 112 valence electrons. The number of halogens is 3. The zero-order valence-corrected chi connectivity index (χ0v) is 11.2. The van der Waals surface area contributed by atoms with Crippen molar-refractivity contribution < 1.29 is 23.1 Å². The van der Waals surface area contributed by atoms with Crippen molar-refractivity contribution in [1.29, 1.82) is 0 Å². The molecule has 20 heavy (non-hydrogen) atoms. The van der Waals surface area contributed by atoms with Crippen molar-refractivity contribution >= 4 is 11.7 Å². The van der Waals surface area contributed by atoms with Crippen LogP contribution in [0.3, 0.4) is 0 Å². The van der Waals surface area contributed by atoms with Crippen molar-refractivity contribution in [2.24, 2.45) is 0 Å². The summed E-state index contributed by atoms with van der Waals surface area (Å²) < 4.78 is 37.3. The number of hydrogen-bond acceptors (Lipinski definition) is 4. The Balaban J connectivity index is 3.02. The number of nitrogens with zero attached hydrogens (tertiary/aromatic N) is 2. The van der Waals surface area contributed by atoms with Crippen LogP contribution in [0.15, 0.2) is 12.1 Å². The minimum absolute atomic E-state index is 0.0968. The Bertz CT molecular complexity index is 478. The second-order valence-electron chi connectivity index (χ2n) is 4.20. The molecule has 0 atom stereocenters. The van der Waals surface area contributed by atoms with Gasteiger partial charge in [-0.2, -0.15) is 13.2 Å². The third-order valence-corrected chi connectivity index (χ3v) is 2.48. The maximum Gasteiger partial charge on any atom is 0.406 e. The highest BCUT2D eigenvalue weighted by Crippen LogP contribution is 2.19. The van der Waals surface area contributed by atoms with Crippen molar-refractivity contribution in [2.45, 2.75) is 13.1 Å². The van der Waals surface area contributed by atoms with E-state index in [4.69, 9.17) is 5.11 Å². The van der Waals surface area contributed by atoms with E-state index < -0.39 is 25.2 Å². The first-order valence-corrected chi connectivity index (χ1v) is 5.90. The summed E-state index contributed by atoms with van der Waals surface area (Å²) in [5, 5.41) is 11.5. The summed E-state index contributed by atoms with van der Waals surface area (Å²) in [7, 11) is 1.59. The Kier molecular flexibility index (Phi) is 5.32. The second-order valence-corrected chi connectivity index (χ2v) is 4.20. The number of aliphatic hydroxyl groups excluding tert-OH is 1. The smallest absolute Gasteiger partial charge is 0.395 e. The van der Waals surface area contributed by atoms with Gasteiger partial charge in [0.15, 0.2) is 0 Å². The highest BCUT2D eigenvalue weighted by molar-refractivity contribution is 5.95. The third-order valence-electron chi connectivity index (χ3n) is 2.48. The van der Waals surface area contributed by atoms with E-state index in [-0.39, 0.29) is 12.1 Å². The number of aliphatic hydroxyl groups is 1. The normalized spacial score (nSPS) is 11.3. The molecule has 0 saturated heterocycles. The molecule has 1 aromatic rings. The van der Waals surface area contributed by atoms with Crippen molar-refractivity contribution in [1.82, 2.24) is 9.88 Å². The summed E-state index contributed by atoms with van der Waals surface area (Å²) in [4.78, 5) is 16.7. The first kappa shape index (κ1) is 16.2. The van der Waals surface area contributed by atoms with Crippen LogP contribution in [-0.4, -0.2) is 53.8 Å². The number of hydrogen-bond donors (Lipinski definition) is 2. The predicted molar refractivity (Wildman–Crippen MR) is 67.6 cm³/mol. The van der Waals surface area contributed by atoms with Crippen LogP contribution in [0.25, 0.3) is 0 Å². The lowest BCUT2D eigenvalue weighted by Crippen LogP contribution is -2.40. The van der Waals surface area contributed by atoms with Crippen molar-refractivity contribution in [3.05, 3.63) is 23.4 Å². The number of carbonyl (C=O) groups excluding carboxylic acids is 1. The molecule has 0 spiro atoms. The zero-order chi connectivity index (χ0) is 15.3. The van der Waals surface area contributed by atoms with Gasteiger partial charge in [0.05, 0.1) is 6.61 Å². The predicted octanol–water partition coefficient (Wildman–Crippen LogP) is 1.43.